The van der Waals surface area contributed by atoms with Gasteiger partial charge < -0.3 is 10.2 Å². The van der Waals surface area contributed by atoms with Gasteiger partial charge in [-0.2, -0.15) is 0 Å². The van der Waals surface area contributed by atoms with Crippen molar-refractivity contribution in [2.45, 2.75) is 19.4 Å². The van der Waals surface area contributed by atoms with Crippen molar-refractivity contribution < 1.29 is 4.79 Å². The van der Waals surface area contributed by atoms with E-state index in [-0.39, 0.29) is 6.03 Å². The highest BCUT2D eigenvalue weighted by Gasteiger charge is 2.19. The molecule has 0 radical (unpaired) electrons. The number of hydrogen-bond acceptors (Lipinski definition) is 2. The van der Waals surface area contributed by atoms with E-state index in [9.17, 15) is 4.79 Å². The molecule has 0 bridgehead atoms. The SMILES string of the molecule is O=C(NCCc1cccs1)N1CCc2ccccc2C1. The fourth-order valence-electron chi connectivity index (χ4n) is 2.53. The van der Waals surface area contributed by atoms with Crippen LogP contribution in [-0.4, -0.2) is 24.0 Å². The minimum absolute atomic E-state index is 0.0519. The Morgan fingerprint density at radius 1 is 1.20 bits per heavy atom. The number of amides is 2. The molecule has 0 saturated heterocycles. The molecule has 20 heavy (non-hydrogen) atoms. The van der Waals surface area contributed by atoms with E-state index >= 15 is 0 Å². The Morgan fingerprint density at radius 2 is 2.05 bits per heavy atom. The minimum Gasteiger partial charge on any atom is -0.338 e. The Hall–Kier alpha value is -1.81. The second-order valence-corrected chi connectivity index (χ2v) is 6.03. The molecule has 104 valence electrons. The molecule has 0 saturated carbocycles. The maximum Gasteiger partial charge on any atom is 0.317 e. The van der Waals surface area contributed by atoms with E-state index in [0.29, 0.717) is 6.54 Å². The molecule has 0 fully saturated rings. The first-order valence-electron chi connectivity index (χ1n) is 6.95. The van der Waals surface area contributed by atoms with Crippen molar-refractivity contribution in [1.82, 2.24) is 10.2 Å². The largest absolute Gasteiger partial charge is 0.338 e. The number of urea groups is 1. The predicted octanol–water partition coefficient (Wildman–Crippen LogP) is 3.06. The Kier molecular flexibility index (Phi) is 4.02. The van der Waals surface area contributed by atoms with Crippen LogP contribution in [0.4, 0.5) is 4.79 Å². The molecular weight excluding hydrogens is 268 g/mol. The van der Waals surface area contributed by atoms with Gasteiger partial charge in [0, 0.05) is 24.5 Å². The van der Waals surface area contributed by atoms with Crippen LogP contribution in [0.5, 0.6) is 0 Å². The van der Waals surface area contributed by atoms with E-state index in [1.807, 2.05) is 17.0 Å². The van der Waals surface area contributed by atoms with Crippen LogP contribution in [0.1, 0.15) is 16.0 Å². The average molecular weight is 286 g/mol. The molecule has 3 rings (SSSR count). The molecule has 0 atom stereocenters. The quantitative estimate of drug-likeness (QED) is 0.924. The number of benzene rings is 1. The van der Waals surface area contributed by atoms with Gasteiger partial charge in [-0.3, -0.25) is 0 Å². The molecule has 2 aromatic rings. The third-order valence-corrected chi connectivity index (χ3v) is 4.58. The monoisotopic (exact) mass is 286 g/mol. The lowest BCUT2D eigenvalue weighted by Crippen LogP contribution is -2.43. The van der Waals surface area contributed by atoms with Crippen molar-refractivity contribution in [3.05, 3.63) is 57.8 Å². The summed E-state index contributed by atoms with van der Waals surface area (Å²) in [6, 6.07) is 12.6. The molecular formula is C16H18N2OS. The van der Waals surface area contributed by atoms with E-state index in [4.69, 9.17) is 0 Å². The molecule has 1 N–H and O–H groups in total. The van der Waals surface area contributed by atoms with Gasteiger partial charge in [-0.15, -0.1) is 11.3 Å². The summed E-state index contributed by atoms with van der Waals surface area (Å²) in [6.45, 7) is 2.24. The summed E-state index contributed by atoms with van der Waals surface area (Å²) in [5.74, 6) is 0. The summed E-state index contributed by atoms with van der Waals surface area (Å²) in [5.41, 5.74) is 2.64. The van der Waals surface area contributed by atoms with Crippen LogP contribution in [0.25, 0.3) is 0 Å². The molecule has 1 aliphatic rings. The number of nitrogens with zero attached hydrogens (tertiary/aromatic N) is 1. The number of thiophene rings is 1. The number of carbonyl (C=O) groups is 1. The minimum atomic E-state index is 0.0519. The highest BCUT2D eigenvalue weighted by molar-refractivity contribution is 7.09. The lowest BCUT2D eigenvalue weighted by molar-refractivity contribution is 0.192. The van der Waals surface area contributed by atoms with Crippen molar-refractivity contribution in [2.24, 2.45) is 0 Å². The second kappa shape index (κ2) is 6.09. The zero-order valence-electron chi connectivity index (χ0n) is 11.3. The molecule has 0 unspecified atom stereocenters. The molecule has 4 heteroatoms. The predicted molar refractivity (Wildman–Crippen MR) is 82.0 cm³/mol. The molecule has 2 heterocycles. The molecule has 2 amide bonds. The van der Waals surface area contributed by atoms with Crippen LogP contribution in [0, 0.1) is 0 Å². The van der Waals surface area contributed by atoms with Crippen LogP contribution in [-0.2, 0) is 19.4 Å². The van der Waals surface area contributed by atoms with E-state index in [1.165, 1.54) is 16.0 Å². The number of hydrogen-bond donors (Lipinski definition) is 1. The fourth-order valence-corrected chi connectivity index (χ4v) is 3.24. The smallest absolute Gasteiger partial charge is 0.317 e. The summed E-state index contributed by atoms with van der Waals surface area (Å²) in [4.78, 5) is 15.4. The first kappa shape index (κ1) is 13.2. The molecule has 1 aromatic carbocycles. The van der Waals surface area contributed by atoms with Gasteiger partial charge in [-0.05, 0) is 35.4 Å². The van der Waals surface area contributed by atoms with Crippen LogP contribution in [0.3, 0.4) is 0 Å². The Morgan fingerprint density at radius 3 is 2.85 bits per heavy atom. The number of fused-ring (bicyclic) bond motifs is 1. The standard InChI is InChI=1S/C16H18N2OS/c19-16(17-9-7-15-6-3-11-20-15)18-10-8-13-4-1-2-5-14(13)12-18/h1-6,11H,7-10,12H2,(H,17,19). The van der Waals surface area contributed by atoms with Crippen molar-refractivity contribution in [3.63, 3.8) is 0 Å². The topological polar surface area (TPSA) is 32.3 Å². The van der Waals surface area contributed by atoms with Crippen LogP contribution in [0.2, 0.25) is 0 Å². The Bertz CT molecular complexity index is 580. The zero-order chi connectivity index (χ0) is 13.8. The van der Waals surface area contributed by atoms with E-state index in [0.717, 1.165) is 25.9 Å². The van der Waals surface area contributed by atoms with Gasteiger partial charge in [0.2, 0.25) is 0 Å². The highest BCUT2D eigenvalue weighted by atomic mass is 32.1. The zero-order valence-corrected chi connectivity index (χ0v) is 12.2. The summed E-state index contributed by atoms with van der Waals surface area (Å²) < 4.78 is 0. The molecule has 0 aliphatic carbocycles. The van der Waals surface area contributed by atoms with Gasteiger partial charge in [-0.25, -0.2) is 4.79 Å². The van der Waals surface area contributed by atoms with Crippen LogP contribution >= 0.6 is 11.3 Å². The summed E-state index contributed by atoms with van der Waals surface area (Å²) in [5, 5.41) is 5.08. The van der Waals surface area contributed by atoms with Crippen molar-refractivity contribution in [2.75, 3.05) is 13.1 Å². The highest BCUT2D eigenvalue weighted by Crippen LogP contribution is 2.18. The van der Waals surface area contributed by atoms with Crippen LogP contribution < -0.4 is 5.32 Å². The molecule has 1 aromatic heterocycles. The first-order valence-corrected chi connectivity index (χ1v) is 7.83. The van der Waals surface area contributed by atoms with E-state index in [2.05, 4.69) is 35.0 Å². The van der Waals surface area contributed by atoms with Crippen molar-refractivity contribution >= 4 is 17.4 Å². The molecule has 1 aliphatic heterocycles. The third-order valence-electron chi connectivity index (χ3n) is 3.65. The number of rotatable bonds is 3. The maximum atomic E-state index is 12.2. The van der Waals surface area contributed by atoms with Gasteiger partial charge in [0.1, 0.15) is 0 Å². The maximum absolute atomic E-state index is 12.2. The van der Waals surface area contributed by atoms with E-state index in [1.54, 1.807) is 11.3 Å². The summed E-state index contributed by atoms with van der Waals surface area (Å²) in [6.07, 6.45) is 1.86. The van der Waals surface area contributed by atoms with Gasteiger partial charge in [-0.1, -0.05) is 30.3 Å². The van der Waals surface area contributed by atoms with Gasteiger partial charge in [0.25, 0.3) is 0 Å². The number of carbonyl (C=O) groups excluding carboxylic acids is 1. The van der Waals surface area contributed by atoms with Crippen molar-refractivity contribution in [3.8, 4) is 0 Å². The second-order valence-electron chi connectivity index (χ2n) is 5.00. The molecule has 3 nitrogen and oxygen atoms in total. The van der Waals surface area contributed by atoms with Crippen LogP contribution in [0.15, 0.2) is 41.8 Å². The summed E-state index contributed by atoms with van der Waals surface area (Å²) in [7, 11) is 0. The Balaban J connectivity index is 1.51. The lowest BCUT2D eigenvalue weighted by atomic mass is 10.0. The van der Waals surface area contributed by atoms with E-state index < -0.39 is 0 Å². The lowest BCUT2D eigenvalue weighted by Gasteiger charge is -2.28. The van der Waals surface area contributed by atoms with Gasteiger partial charge in [0.05, 0.1) is 0 Å². The normalized spacial score (nSPS) is 13.9. The van der Waals surface area contributed by atoms with Gasteiger partial charge >= 0.3 is 6.03 Å². The summed E-state index contributed by atoms with van der Waals surface area (Å²) >= 11 is 1.74. The third kappa shape index (κ3) is 3.02. The number of nitrogens with one attached hydrogen (secondary N) is 1. The first-order chi connectivity index (χ1) is 9.83. The molecule has 0 spiro atoms. The van der Waals surface area contributed by atoms with Crippen molar-refractivity contribution in [1.29, 1.82) is 0 Å². The van der Waals surface area contributed by atoms with Gasteiger partial charge in [0.15, 0.2) is 0 Å². The Labute approximate surface area is 123 Å². The fraction of sp³-hybridized carbons (Fsp3) is 0.312. The average Bonchev–Trinajstić information content (AvgIpc) is 3.00.